The number of halogens is 2. The average molecular weight is 239 g/mol. The van der Waals surface area contributed by atoms with Crippen molar-refractivity contribution in [3.05, 3.63) is 29.3 Å². The zero-order valence-corrected chi connectivity index (χ0v) is 9.67. The van der Waals surface area contributed by atoms with Crippen LogP contribution >= 0.6 is 0 Å². The van der Waals surface area contributed by atoms with E-state index in [1.165, 1.54) is 0 Å². The summed E-state index contributed by atoms with van der Waals surface area (Å²) in [6.45, 7) is 1.97. The topological polar surface area (TPSA) is 35.2 Å². The van der Waals surface area contributed by atoms with Gasteiger partial charge in [-0.25, -0.2) is 8.78 Å². The highest BCUT2D eigenvalue weighted by atomic mass is 19.3. The van der Waals surface area contributed by atoms with Gasteiger partial charge in [-0.2, -0.15) is 0 Å². The zero-order valence-electron chi connectivity index (χ0n) is 9.67. The first-order valence-electron chi connectivity index (χ1n) is 5.86. The zero-order chi connectivity index (χ0) is 12.3. The van der Waals surface area contributed by atoms with Crippen molar-refractivity contribution in [1.82, 2.24) is 0 Å². The van der Waals surface area contributed by atoms with E-state index >= 15 is 0 Å². The Bertz CT molecular complexity index is 474. The van der Waals surface area contributed by atoms with Gasteiger partial charge in [-0.15, -0.1) is 0 Å². The highest BCUT2D eigenvalue weighted by Crippen LogP contribution is 2.61. The first kappa shape index (κ1) is 11.0. The minimum absolute atomic E-state index is 0.00476. The molecule has 1 aliphatic heterocycles. The van der Waals surface area contributed by atoms with Crippen LogP contribution < -0.4 is 10.5 Å². The van der Waals surface area contributed by atoms with Gasteiger partial charge >= 0.3 is 0 Å². The fraction of sp³-hybridized carbons (Fsp3) is 0.538. The molecule has 0 bridgehead atoms. The van der Waals surface area contributed by atoms with Gasteiger partial charge in [0.05, 0.1) is 5.41 Å². The number of rotatable bonds is 2. The van der Waals surface area contributed by atoms with E-state index in [0.717, 1.165) is 17.7 Å². The molecule has 17 heavy (non-hydrogen) atoms. The standard InChI is InChI=1S/C13H15F2NO/c1-8-4-9-5-10(2-3-11(9)17-8)12(7-16)6-13(12,14)15/h2-3,5,8H,4,6-7,16H2,1H3. The minimum Gasteiger partial charge on any atom is -0.490 e. The van der Waals surface area contributed by atoms with Crippen LogP contribution in [0.5, 0.6) is 5.75 Å². The monoisotopic (exact) mass is 239 g/mol. The summed E-state index contributed by atoms with van der Waals surface area (Å²) in [6.07, 6.45) is 0.787. The Hall–Kier alpha value is -1.16. The van der Waals surface area contributed by atoms with Gasteiger partial charge in [0.15, 0.2) is 0 Å². The van der Waals surface area contributed by atoms with E-state index in [1.807, 2.05) is 13.0 Å². The number of ether oxygens (including phenoxy) is 1. The van der Waals surface area contributed by atoms with Crippen LogP contribution in [0.4, 0.5) is 8.78 Å². The average Bonchev–Trinajstić information content (AvgIpc) is 2.65. The third kappa shape index (κ3) is 1.40. The highest BCUT2D eigenvalue weighted by Gasteiger charge is 2.71. The molecule has 1 aliphatic carbocycles. The molecule has 0 amide bonds. The molecule has 1 aromatic carbocycles. The largest absolute Gasteiger partial charge is 0.490 e. The summed E-state index contributed by atoms with van der Waals surface area (Å²) in [4.78, 5) is 0. The summed E-state index contributed by atoms with van der Waals surface area (Å²) < 4.78 is 32.5. The Morgan fingerprint density at radius 1 is 1.47 bits per heavy atom. The van der Waals surface area contributed by atoms with Gasteiger partial charge in [0.2, 0.25) is 0 Å². The number of nitrogens with two attached hydrogens (primary N) is 1. The molecule has 0 saturated heterocycles. The molecular weight excluding hydrogens is 224 g/mol. The first-order chi connectivity index (χ1) is 7.98. The summed E-state index contributed by atoms with van der Waals surface area (Å²) >= 11 is 0. The first-order valence-corrected chi connectivity index (χ1v) is 5.86. The van der Waals surface area contributed by atoms with E-state index in [4.69, 9.17) is 10.5 Å². The second kappa shape index (κ2) is 3.19. The summed E-state index contributed by atoms with van der Waals surface area (Å²) in [5.41, 5.74) is 6.08. The molecule has 1 heterocycles. The molecule has 0 radical (unpaired) electrons. The maximum Gasteiger partial charge on any atom is 0.260 e. The molecule has 2 unspecified atom stereocenters. The molecule has 92 valence electrons. The molecule has 4 heteroatoms. The lowest BCUT2D eigenvalue weighted by atomic mass is 9.93. The fourth-order valence-electron chi connectivity index (χ4n) is 2.71. The van der Waals surface area contributed by atoms with Crippen LogP contribution in [0.25, 0.3) is 0 Å². The molecule has 2 aliphatic rings. The quantitative estimate of drug-likeness (QED) is 0.859. The summed E-state index contributed by atoms with van der Waals surface area (Å²) in [5.74, 6) is -1.83. The Kier molecular flexibility index (Phi) is 2.06. The number of fused-ring (bicyclic) bond motifs is 1. The van der Waals surface area contributed by atoms with Crippen LogP contribution in [-0.2, 0) is 11.8 Å². The Morgan fingerprint density at radius 2 is 2.18 bits per heavy atom. The third-order valence-electron chi connectivity index (χ3n) is 3.90. The van der Waals surface area contributed by atoms with Crippen LogP contribution in [0, 0.1) is 0 Å². The molecule has 1 aromatic rings. The Labute approximate surface area is 98.8 Å². The lowest BCUT2D eigenvalue weighted by Crippen LogP contribution is -2.26. The predicted molar refractivity (Wildman–Crippen MR) is 60.5 cm³/mol. The lowest BCUT2D eigenvalue weighted by Gasteiger charge is -2.15. The van der Waals surface area contributed by atoms with Crippen molar-refractivity contribution in [3.8, 4) is 5.75 Å². The van der Waals surface area contributed by atoms with E-state index in [9.17, 15) is 8.78 Å². The van der Waals surface area contributed by atoms with Crippen LogP contribution in [-0.4, -0.2) is 18.6 Å². The number of hydrogen-bond donors (Lipinski definition) is 1. The predicted octanol–water partition coefficient (Wildman–Crippen LogP) is 2.25. The van der Waals surface area contributed by atoms with Gasteiger partial charge < -0.3 is 10.5 Å². The molecule has 1 saturated carbocycles. The van der Waals surface area contributed by atoms with E-state index in [1.54, 1.807) is 12.1 Å². The second-order valence-electron chi connectivity index (χ2n) is 5.12. The lowest BCUT2D eigenvalue weighted by molar-refractivity contribution is 0.0896. The molecule has 2 atom stereocenters. The fourth-order valence-corrected chi connectivity index (χ4v) is 2.71. The SMILES string of the molecule is CC1Cc2cc(C3(CN)CC3(F)F)ccc2O1. The van der Waals surface area contributed by atoms with Gasteiger partial charge in [0.25, 0.3) is 5.92 Å². The second-order valence-corrected chi connectivity index (χ2v) is 5.12. The molecule has 1 fully saturated rings. The van der Waals surface area contributed by atoms with Crippen molar-refractivity contribution in [2.45, 2.75) is 37.2 Å². The smallest absolute Gasteiger partial charge is 0.260 e. The minimum atomic E-state index is -2.65. The van der Waals surface area contributed by atoms with E-state index in [0.29, 0.717) is 5.56 Å². The summed E-state index contributed by atoms with van der Waals surface area (Å²) in [6, 6.07) is 5.36. The van der Waals surface area contributed by atoms with Gasteiger partial charge in [-0.3, -0.25) is 0 Å². The highest BCUT2D eigenvalue weighted by molar-refractivity contribution is 5.47. The van der Waals surface area contributed by atoms with Crippen LogP contribution in [0.2, 0.25) is 0 Å². The van der Waals surface area contributed by atoms with Gasteiger partial charge in [0.1, 0.15) is 11.9 Å². The van der Waals surface area contributed by atoms with E-state index in [-0.39, 0.29) is 19.1 Å². The van der Waals surface area contributed by atoms with Gasteiger partial charge in [-0.05, 0) is 24.1 Å². The molecular formula is C13H15F2NO. The number of alkyl halides is 2. The van der Waals surface area contributed by atoms with E-state index < -0.39 is 11.3 Å². The van der Waals surface area contributed by atoms with E-state index in [2.05, 4.69) is 0 Å². The normalized spacial score (nSPS) is 33.1. The third-order valence-corrected chi connectivity index (χ3v) is 3.90. The van der Waals surface area contributed by atoms with Crippen LogP contribution in [0.15, 0.2) is 18.2 Å². The van der Waals surface area contributed by atoms with Crippen LogP contribution in [0.1, 0.15) is 24.5 Å². The molecule has 2 nitrogen and oxygen atoms in total. The van der Waals surface area contributed by atoms with Crippen molar-refractivity contribution in [3.63, 3.8) is 0 Å². The van der Waals surface area contributed by atoms with Crippen molar-refractivity contribution in [1.29, 1.82) is 0 Å². The number of hydrogen-bond acceptors (Lipinski definition) is 2. The van der Waals surface area contributed by atoms with Crippen LogP contribution in [0.3, 0.4) is 0 Å². The van der Waals surface area contributed by atoms with Crippen molar-refractivity contribution < 1.29 is 13.5 Å². The Balaban J connectivity index is 1.99. The van der Waals surface area contributed by atoms with Gasteiger partial charge in [0, 0.05) is 19.4 Å². The molecule has 3 rings (SSSR count). The summed E-state index contributed by atoms with van der Waals surface area (Å²) in [5, 5.41) is 0. The van der Waals surface area contributed by atoms with Crippen molar-refractivity contribution >= 4 is 0 Å². The maximum absolute atomic E-state index is 13.5. The van der Waals surface area contributed by atoms with Gasteiger partial charge in [-0.1, -0.05) is 12.1 Å². The van der Waals surface area contributed by atoms with Crippen molar-refractivity contribution in [2.24, 2.45) is 5.73 Å². The Morgan fingerprint density at radius 3 is 2.76 bits per heavy atom. The maximum atomic E-state index is 13.5. The number of benzene rings is 1. The molecule has 0 spiro atoms. The molecule has 0 aromatic heterocycles. The summed E-state index contributed by atoms with van der Waals surface area (Å²) in [7, 11) is 0. The van der Waals surface area contributed by atoms with Crippen molar-refractivity contribution in [2.75, 3.05) is 6.54 Å². The molecule has 2 N–H and O–H groups in total.